The number of nitrogen functional groups attached to an aromatic ring is 1. The summed E-state index contributed by atoms with van der Waals surface area (Å²) in [4.78, 5) is 14.7. The molecule has 1 aromatic heterocycles. The fourth-order valence-corrected chi connectivity index (χ4v) is 2.92. The summed E-state index contributed by atoms with van der Waals surface area (Å²) < 4.78 is 7.20. The molecule has 2 aromatic rings. The van der Waals surface area contributed by atoms with Gasteiger partial charge in [-0.25, -0.2) is 0 Å². The van der Waals surface area contributed by atoms with Crippen molar-refractivity contribution in [2.75, 3.05) is 24.3 Å². The summed E-state index contributed by atoms with van der Waals surface area (Å²) in [5, 5.41) is 0. The smallest absolute Gasteiger partial charge is 0.275 e. The van der Waals surface area contributed by atoms with Crippen molar-refractivity contribution in [2.24, 2.45) is 7.05 Å². The molecule has 5 nitrogen and oxygen atoms in total. The van der Waals surface area contributed by atoms with Crippen molar-refractivity contribution in [1.82, 2.24) is 4.57 Å². The van der Waals surface area contributed by atoms with Crippen molar-refractivity contribution in [2.45, 2.75) is 12.8 Å². The monoisotopic (exact) mass is 285 g/mol. The Morgan fingerprint density at radius 3 is 2.86 bits per heavy atom. The van der Waals surface area contributed by atoms with Gasteiger partial charge in [0, 0.05) is 19.8 Å². The third-order valence-electron chi connectivity index (χ3n) is 3.89. The SMILES string of the molecule is COc1cccc2c1N(C(=O)c1cc(N)cn1C)CCC2. The Kier molecular flexibility index (Phi) is 3.33. The molecule has 0 aliphatic carbocycles. The first-order valence-electron chi connectivity index (χ1n) is 7.01. The fraction of sp³-hybridized carbons (Fsp3) is 0.312. The van der Waals surface area contributed by atoms with Gasteiger partial charge in [-0.05, 0) is 30.5 Å². The van der Waals surface area contributed by atoms with E-state index in [1.165, 1.54) is 0 Å². The van der Waals surface area contributed by atoms with Crippen LogP contribution in [0.25, 0.3) is 0 Å². The molecule has 0 unspecified atom stereocenters. The van der Waals surface area contributed by atoms with E-state index in [2.05, 4.69) is 6.07 Å². The number of anilines is 2. The maximum atomic E-state index is 12.9. The number of carbonyl (C=O) groups is 1. The van der Waals surface area contributed by atoms with E-state index >= 15 is 0 Å². The van der Waals surface area contributed by atoms with E-state index in [0.29, 0.717) is 17.9 Å². The van der Waals surface area contributed by atoms with Crippen LogP contribution in [0.2, 0.25) is 0 Å². The van der Waals surface area contributed by atoms with E-state index in [9.17, 15) is 4.79 Å². The van der Waals surface area contributed by atoms with E-state index in [1.54, 1.807) is 28.8 Å². The molecule has 1 aliphatic heterocycles. The maximum Gasteiger partial charge on any atom is 0.275 e. The van der Waals surface area contributed by atoms with Gasteiger partial charge in [0.1, 0.15) is 11.4 Å². The van der Waals surface area contributed by atoms with Crippen molar-refractivity contribution in [1.29, 1.82) is 0 Å². The molecule has 0 bridgehead atoms. The molecular weight excluding hydrogens is 266 g/mol. The van der Waals surface area contributed by atoms with E-state index in [1.807, 2.05) is 19.2 Å². The van der Waals surface area contributed by atoms with E-state index in [-0.39, 0.29) is 5.91 Å². The number of nitrogens with zero attached hydrogens (tertiary/aromatic N) is 2. The number of hydrogen-bond donors (Lipinski definition) is 1. The number of para-hydroxylation sites is 1. The van der Waals surface area contributed by atoms with Crippen LogP contribution < -0.4 is 15.4 Å². The lowest BCUT2D eigenvalue weighted by Crippen LogP contribution is -2.36. The standard InChI is InChI=1S/C16H19N3O2/c1-18-10-12(17)9-13(18)16(20)19-8-4-6-11-5-3-7-14(21-2)15(11)19/h3,5,7,9-10H,4,6,8,17H2,1-2H3. The minimum absolute atomic E-state index is 0.0420. The van der Waals surface area contributed by atoms with Crippen molar-refractivity contribution in [3.05, 3.63) is 41.7 Å². The van der Waals surface area contributed by atoms with Crippen LogP contribution in [0.1, 0.15) is 22.5 Å². The molecule has 3 rings (SSSR count). The Labute approximate surface area is 123 Å². The van der Waals surface area contributed by atoms with E-state index in [0.717, 1.165) is 29.8 Å². The largest absolute Gasteiger partial charge is 0.495 e. The molecule has 0 saturated carbocycles. The van der Waals surface area contributed by atoms with Gasteiger partial charge in [0.2, 0.25) is 0 Å². The second-order valence-corrected chi connectivity index (χ2v) is 5.30. The average Bonchev–Trinajstić information content (AvgIpc) is 2.84. The third-order valence-corrected chi connectivity index (χ3v) is 3.89. The lowest BCUT2D eigenvalue weighted by molar-refractivity contribution is 0.0976. The van der Waals surface area contributed by atoms with Crippen LogP contribution in [0.15, 0.2) is 30.5 Å². The predicted molar refractivity (Wildman–Crippen MR) is 82.8 cm³/mol. The van der Waals surface area contributed by atoms with Gasteiger partial charge in [0.15, 0.2) is 0 Å². The van der Waals surface area contributed by atoms with Gasteiger partial charge in [0.05, 0.1) is 18.5 Å². The van der Waals surface area contributed by atoms with Crippen LogP contribution >= 0.6 is 0 Å². The minimum atomic E-state index is -0.0420. The maximum absolute atomic E-state index is 12.9. The quantitative estimate of drug-likeness (QED) is 0.920. The molecular formula is C16H19N3O2. The molecule has 2 N–H and O–H groups in total. The number of nitrogens with two attached hydrogens (primary N) is 1. The Balaban J connectivity index is 2.06. The summed E-state index contributed by atoms with van der Waals surface area (Å²) in [5.74, 6) is 0.697. The minimum Gasteiger partial charge on any atom is -0.495 e. The highest BCUT2D eigenvalue weighted by molar-refractivity contribution is 6.07. The zero-order valence-electron chi connectivity index (χ0n) is 12.3. The van der Waals surface area contributed by atoms with Crippen LogP contribution in [-0.2, 0) is 13.5 Å². The van der Waals surface area contributed by atoms with E-state index < -0.39 is 0 Å². The molecule has 0 radical (unpaired) electrons. The fourth-order valence-electron chi connectivity index (χ4n) is 2.92. The summed E-state index contributed by atoms with van der Waals surface area (Å²) >= 11 is 0. The van der Waals surface area contributed by atoms with Crippen LogP contribution in [-0.4, -0.2) is 24.1 Å². The number of aromatic nitrogens is 1. The lowest BCUT2D eigenvalue weighted by atomic mass is 10.0. The summed E-state index contributed by atoms with van der Waals surface area (Å²) in [7, 11) is 3.46. The van der Waals surface area contributed by atoms with Gasteiger partial charge in [-0.3, -0.25) is 4.79 Å². The number of benzene rings is 1. The number of aryl methyl sites for hydroxylation is 2. The second kappa shape index (κ2) is 5.16. The zero-order valence-corrected chi connectivity index (χ0v) is 12.3. The van der Waals surface area contributed by atoms with Crippen molar-refractivity contribution in [3.8, 4) is 5.75 Å². The van der Waals surface area contributed by atoms with Crippen molar-refractivity contribution in [3.63, 3.8) is 0 Å². The molecule has 2 heterocycles. The van der Waals surface area contributed by atoms with Crippen LogP contribution in [0.4, 0.5) is 11.4 Å². The number of carbonyl (C=O) groups excluding carboxylic acids is 1. The highest BCUT2D eigenvalue weighted by atomic mass is 16.5. The Bertz CT molecular complexity index is 677. The molecule has 0 atom stereocenters. The first-order valence-corrected chi connectivity index (χ1v) is 7.01. The van der Waals surface area contributed by atoms with Gasteiger partial charge in [0.25, 0.3) is 5.91 Å². The first kappa shape index (κ1) is 13.5. The Hall–Kier alpha value is -2.43. The van der Waals surface area contributed by atoms with Crippen LogP contribution in [0, 0.1) is 0 Å². The predicted octanol–water partition coefficient (Wildman–Crippen LogP) is 2.21. The molecule has 1 aromatic carbocycles. The molecule has 0 saturated heterocycles. The lowest BCUT2D eigenvalue weighted by Gasteiger charge is -2.31. The number of amides is 1. The number of methoxy groups -OCH3 is 1. The summed E-state index contributed by atoms with van der Waals surface area (Å²) in [6.45, 7) is 0.692. The summed E-state index contributed by atoms with van der Waals surface area (Å²) in [5.41, 5.74) is 9.00. The molecule has 1 amide bonds. The summed E-state index contributed by atoms with van der Waals surface area (Å²) in [6.07, 6.45) is 3.66. The second-order valence-electron chi connectivity index (χ2n) is 5.30. The van der Waals surface area contributed by atoms with Gasteiger partial charge in [-0.2, -0.15) is 0 Å². The Morgan fingerprint density at radius 1 is 1.38 bits per heavy atom. The van der Waals surface area contributed by atoms with Gasteiger partial charge in [-0.1, -0.05) is 12.1 Å². The molecule has 1 aliphatic rings. The van der Waals surface area contributed by atoms with Gasteiger partial charge >= 0.3 is 0 Å². The third kappa shape index (κ3) is 2.24. The highest BCUT2D eigenvalue weighted by Crippen LogP contribution is 2.37. The molecule has 0 spiro atoms. The first-order chi connectivity index (χ1) is 10.1. The Morgan fingerprint density at radius 2 is 2.19 bits per heavy atom. The molecule has 21 heavy (non-hydrogen) atoms. The topological polar surface area (TPSA) is 60.5 Å². The molecule has 0 fully saturated rings. The van der Waals surface area contributed by atoms with Gasteiger partial charge in [-0.15, -0.1) is 0 Å². The van der Waals surface area contributed by atoms with Crippen molar-refractivity contribution >= 4 is 17.3 Å². The number of hydrogen-bond acceptors (Lipinski definition) is 3. The average molecular weight is 285 g/mol. The number of rotatable bonds is 2. The highest BCUT2D eigenvalue weighted by Gasteiger charge is 2.28. The molecule has 110 valence electrons. The number of fused-ring (bicyclic) bond motifs is 1. The summed E-state index contributed by atoms with van der Waals surface area (Å²) in [6, 6.07) is 7.62. The van der Waals surface area contributed by atoms with Crippen molar-refractivity contribution < 1.29 is 9.53 Å². The van der Waals surface area contributed by atoms with E-state index in [4.69, 9.17) is 10.5 Å². The zero-order chi connectivity index (χ0) is 15.0. The van der Waals surface area contributed by atoms with Crippen LogP contribution in [0.5, 0.6) is 5.75 Å². The normalized spacial score (nSPS) is 13.9. The van der Waals surface area contributed by atoms with Gasteiger partial charge < -0.3 is 19.9 Å². The van der Waals surface area contributed by atoms with Crippen LogP contribution in [0.3, 0.4) is 0 Å². The molecule has 5 heteroatoms. The number of ether oxygens (including phenoxy) is 1.